The van der Waals surface area contributed by atoms with Gasteiger partial charge in [-0.15, -0.1) is 0 Å². The molecule has 1 aromatic carbocycles. The fourth-order valence-corrected chi connectivity index (χ4v) is 2.70. The number of nitrogens with zero attached hydrogens (tertiary/aromatic N) is 2. The molecule has 1 N–H and O–H groups in total. The Balaban J connectivity index is 2.22. The summed E-state index contributed by atoms with van der Waals surface area (Å²) in [6.45, 7) is 6.27. The Bertz CT molecular complexity index is 539. The summed E-state index contributed by atoms with van der Waals surface area (Å²) in [7, 11) is 2.15. The van der Waals surface area contributed by atoms with Gasteiger partial charge in [-0.3, -0.25) is 4.98 Å². The average Bonchev–Trinajstić information content (AvgIpc) is 2.53. The molecule has 1 heterocycles. The van der Waals surface area contributed by atoms with Gasteiger partial charge < -0.3 is 10.2 Å². The highest BCUT2D eigenvalue weighted by atomic mass is 15.1. The SMILES string of the molecule is CCNC(CC)c1ccccc1N(C)Cc1ccncc1. The number of anilines is 1. The summed E-state index contributed by atoms with van der Waals surface area (Å²) in [6.07, 6.45) is 4.79. The van der Waals surface area contributed by atoms with E-state index in [0.29, 0.717) is 6.04 Å². The minimum Gasteiger partial charge on any atom is -0.370 e. The maximum atomic E-state index is 4.08. The van der Waals surface area contributed by atoms with Crippen molar-refractivity contribution < 1.29 is 0 Å². The summed E-state index contributed by atoms with van der Waals surface area (Å²) in [6, 6.07) is 13.2. The van der Waals surface area contributed by atoms with Gasteiger partial charge in [0.25, 0.3) is 0 Å². The number of aromatic nitrogens is 1. The molecule has 1 atom stereocenters. The molecule has 0 aliphatic rings. The summed E-state index contributed by atoms with van der Waals surface area (Å²) in [5.41, 5.74) is 3.94. The van der Waals surface area contributed by atoms with E-state index in [0.717, 1.165) is 19.5 Å². The van der Waals surface area contributed by atoms with Crippen molar-refractivity contribution in [3.8, 4) is 0 Å². The molecule has 3 heteroatoms. The van der Waals surface area contributed by atoms with Crippen LogP contribution in [0.3, 0.4) is 0 Å². The molecule has 0 fully saturated rings. The quantitative estimate of drug-likeness (QED) is 0.838. The predicted molar refractivity (Wildman–Crippen MR) is 89.5 cm³/mol. The summed E-state index contributed by atoms with van der Waals surface area (Å²) in [5, 5.41) is 3.57. The second-order valence-corrected chi connectivity index (χ2v) is 5.29. The Morgan fingerprint density at radius 1 is 1.10 bits per heavy atom. The standard InChI is InChI=1S/C18H25N3/c1-4-17(20-5-2)16-8-6-7-9-18(16)21(3)14-15-10-12-19-13-11-15/h6-13,17,20H,4-5,14H2,1-3H3. The van der Waals surface area contributed by atoms with E-state index in [1.54, 1.807) is 0 Å². The lowest BCUT2D eigenvalue weighted by molar-refractivity contribution is 0.537. The van der Waals surface area contributed by atoms with Crippen LogP contribution in [0.1, 0.15) is 37.4 Å². The molecular weight excluding hydrogens is 258 g/mol. The molecule has 0 aliphatic carbocycles. The third kappa shape index (κ3) is 4.05. The highest BCUT2D eigenvalue weighted by Gasteiger charge is 2.14. The van der Waals surface area contributed by atoms with Crippen molar-refractivity contribution in [1.82, 2.24) is 10.3 Å². The second kappa shape index (κ2) is 7.79. The lowest BCUT2D eigenvalue weighted by Gasteiger charge is -2.26. The first-order valence-corrected chi connectivity index (χ1v) is 7.68. The van der Waals surface area contributed by atoms with E-state index >= 15 is 0 Å². The number of nitrogens with one attached hydrogen (secondary N) is 1. The monoisotopic (exact) mass is 283 g/mol. The molecule has 0 spiro atoms. The van der Waals surface area contributed by atoms with Crippen molar-refractivity contribution in [3.63, 3.8) is 0 Å². The van der Waals surface area contributed by atoms with Gasteiger partial charge in [-0.25, -0.2) is 0 Å². The number of hydrogen-bond donors (Lipinski definition) is 1. The van der Waals surface area contributed by atoms with Crippen LogP contribution in [0.5, 0.6) is 0 Å². The van der Waals surface area contributed by atoms with Crippen LogP contribution in [0.15, 0.2) is 48.8 Å². The molecule has 1 unspecified atom stereocenters. The highest BCUT2D eigenvalue weighted by molar-refractivity contribution is 5.54. The van der Waals surface area contributed by atoms with Crippen molar-refractivity contribution in [3.05, 3.63) is 59.9 Å². The topological polar surface area (TPSA) is 28.2 Å². The van der Waals surface area contributed by atoms with Gasteiger partial charge in [-0.2, -0.15) is 0 Å². The van der Waals surface area contributed by atoms with Crippen LogP contribution in [0.25, 0.3) is 0 Å². The molecule has 0 saturated carbocycles. The molecule has 0 radical (unpaired) electrons. The van der Waals surface area contributed by atoms with E-state index in [1.807, 2.05) is 12.4 Å². The van der Waals surface area contributed by atoms with E-state index in [9.17, 15) is 0 Å². The smallest absolute Gasteiger partial charge is 0.0427 e. The first-order valence-electron chi connectivity index (χ1n) is 7.68. The molecule has 21 heavy (non-hydrogen) atoms. The zero-order chi connectivity index (χ0) is 15.1. The van der Waals surface area contributed by atoms with E-state index in [-0.39, 0.29) is 0 Å². The molecular formula is C18H25N3. The normalized spacial score (nSPS) is 12.1. The third-order valence-electron chi connectivity index (χ3n) is 3.75. The van der Waals surface area contributed by atoms with Crippen LogP contribution >= 0.6 is 0 Å². The zero-order valence-corrected chi connectivity index (χ0v) is 13.2. The number of hydrogen-bond acceptors (Lipinski definition) is 3. The maximum absolute atomic E-state index is 4.08. The van der Waals surface area contributed by atoms with Crippen molar-refractivity contribution in [2.75, 3.05) is 18.5 Å². The van der Waals surface area contributed by atoms with Crippen LogP contribution in [0, 0.1) is 0 Å². The number of rotatable bonds is 7. The van der Waals surface area contributed by atoms with Gasteiger partial charge in [0.05, 0.1) is 0 Å². The fraction of sp³-hybridized carbons (Fsp3) is 0.389. The first-order chi connectivity index (χ1) is 10.3. The molecule has 0 bridgehead atoms. The van der Waals surface area contributed by atoms with Crippen LogP contribution in [0.4, 0.5) is 5.69 Å². The van der Waals surface area contributed by atoms with Gasteiger partial charge in [-0.1, -0.05) is 32.0 Å². The number of para-hydroxylation sites is 1. The van der Waals surface area contributed by atoms with Gasteiger partial charge in [0.15, 0.2) is 0 Å². The van der Waals surface area contributed by atoms with Crippen molar-refractivity contribution in [2.45, 2.75) is 32.9 Å². The van der Waals surface area contributed by atoms with E-state index in [4.69, 9.17) is 0 Å². The fourth-order valence-electron chi connectivity index (χ4n) is 2.70. The van der Waals surface area contributed by atoms with Gasteiger partial charge in [0.1, 0.15) is 0 Å². The summed E-state index contributed by atoms with van der Waals surface area (Å²) < 4.78 is 0. The average molecular weight is 283 g/mol. The van der Waals surface area contributed by atoms with E-state index < -0.39 is 0 Å². The van der Waals surface area contributed by atoms with E-state index in [2.05, 4.69) is 72.5 Å². The Morgan fingerprint density at radius 3 is 2.48 bits per heavy atom. The number of benzene rings is 1. The van der Waals surface area contributed by atoms with Gasteiger partial charge >= 0.3 is 0 Å². The van der Waals surface area contributed by atoms with Crippen molar-refractivity contribution in [1.29, 1.82) is 0 Å². The summed E-state index contributed by atoms with van der Waals surface area (Å²) >= 11 is 0. The predicted octanol–water partition coefficient (Wildman–Crippen LogP) is 3.78. The Kier molecular flexibility index (Phi) is 5.76. The minimum absolute atomic E-state index is 0.408. The molecule has 112 valence electrons. The minimum atomic E-state index is 0.408. The molecule has 0 saturated heterocycles. The maximum Gasteiger partial charge on any atom is 0.0427 e. The molecule has 0 aliphatic heterocycles. The Labute approximate surface area is 128 Å². The van der Waals surface area contributed by atoms with Gasteiger partial charge in [0.2, 0.25) is 0 Å². The molecule has 0 amide bonds. The lowest BCUT2D eigenvalue weighted by Crippen LogP contribution is -2.24. The van der Waals surface area contributed by atoms with Crippen molar-refractivity contribution >= 4 is 5.69 Å². The molecule has 3 nitrogen and oxygen atoms in total. The van der Waals surface area contributed by atoms with Crippen LogP contribution < -0.4 is 10.2 Å². The Morgan fingerprint density at radius 2 is 1.81 bits per heavy atom. The third-order valence-corrected chi connectivity index (χ3v) is 3.75. The molecule has 2 aromatic rings. The largest absolute Gasteiger partial charge is 0.370 e. The van der Waals surface area contributed by atoms with Gasteiger partial charge in [-0.05, 0) is 42.3 Å². The lowest BCUT2D eigenvalue weighted by atomic mass is 10.0. The highest BCUT2D eigenvalue weighted by Crippen LogP contribution is 2.28. The Hall–Kier alpha value is -1.87. The van der Waals surface area contributed by atoms with Crippen LogP contribution in [-0.4, -0.2) is 18.6 Å². The van der Waals surface area contributed by atoms with Crippen LogP contribution in [0.2, 0.25) is 0 Å². The van der Waals surface area contributed by atoms with Crippen LogP contribution in [-0.2, 0) is 6.54 Å². The van der Waals surface area contributed by atoms with E-state index in [1.165, 1.54) is 16.8 Å². The molecule has 2 rings (SSSR count). The second-order valence-electron chi connectivity index (χ2n) is 5.29. The van der Waals surface area contributed by atoms with Gasteiger partial charge in [0, 0.05) is 37.7 Å². The summed E-state index contributed by atoms with van der Waals surface area (Å²) in [5.74, 6) is 0. The summed E-state index contributed by atoms with van der Waals surface area (Å²) in [4.78, 5) is 6.39. The number of pyridine rings is 1. The zero-order valence-electron chi connectivity index (χ0n) is 13.2. The first kappa shape index (κ1) is 15.5. The molecule has 1 aromatic heterocycles. The van der Waals surface area contributed by atoms with Crippen molar-refractivity contribution in [2.24, 2.45) is 0 Å².